The number of benzene rings is 2. The topological polar surface area (TPSA) is 41.1 Å². The van der Waals surface area contributed by atoms with Crippen molar-refractivity contribution in [3.05, 3.63) is 69.7 Å². The molecule has 0 aliphatic carbocycles. The lowest BCUT2D eigenvalue weighted by molar-refractivity contribution is 0.0953. The van der Waals surface area contributed by atoms with E-state index in [9.17, 15) is 4.79 Å². The Morgan fingerprint density at radius 2 is 1.74 bits per heavy atom. The third-order valence-corrected chi connectivity index (χ3v) is 3.97. The summed E-state index contributed by atoms with van der Waals surface area (Å²) in [7, 11) is 0. The van der Waals surface area contributed by atoms with E-state index < -0.39 is 0 Å². The van der Waals surface area contributed by atoms with Gasteiger partial charge in [-0.3, -0.25) is 4.79 Å². The molecule has 0 aliphatic heterocycles. The van der Waals surface area contributed by atoms with Gasteiger partial charge in [-0.1, -0.05) is 53.5 Å². The van der Waals surface area contributed by atoms with Gasteiger partial charge in [0.05, 0.1) is 10.6 Å². The van der Waals surface area contributed by atoms with Crippen molar-refractivity contribution >= 4 is 29.1 Å². The third-order valence-electron chi connectivity index (χ3n) is 3.42. The van der Waals surface area contributed by atoms with Gasteiger partial charge < -0.3 is 10.6 Å². The molecule has 0 saturated heterocycles. The third kappa shape index (κ3) is 6.22. The van der Waals surface area contributed by atoms with E-state index in [1.165, 1.54) is 5.56 Å². The summed E-state index contributed by atoms with van der Waals surface area (Å²) in [6, 6.07) is 15.2. The SMILES string of the molecule is O=C(NCCCNCCc1ccccc1)c1ccc(Cl)cc1Cl. The maximum absolute atomic E-state index is 12.0. The van der Waals surface area contributed by atoms with E-state index in [1.54, 1.807) is 18.2 Å². The van der Waals surface area contributed by atoms with Crippen LogP contribution in [0.5, 0.6) is 0 Å². The molecule has 0 aliphatic rings. The fourth-order valence-corrected chi connectivity index (χ4v) is 2.68. The predicted molar refractivity (Wildman–Crippen MR) is 96.4 cm³/mol. The molecular formula is C18H20Cl2N2O. The van der Waals surface area contributed by atoms with Crippen LogP contribution in [0.25, 0.3) is 0 Å². The highest BCUT2D eigenvalue weighted by molar-refractivity contribution is 6.36. The van der Waals surface area contributed by atoms with Crippen LogP contribution in [-0.2, 0) is 6.42 Å². The van der Waals surface area contributed by atoms with E-state index in [0.29, 0.717) is 22.2 Å². The molecule has 0 spiro atoms. The monoisotopic (exact) mass is 350 g/mol. The highest BCUT2D eigenvalue weighted by Crippen LogP contribution is 2.20. The van der Waals surface area contributed by atoms with Crippen LogP contribution in [0, 0.1) is 0 Å². The molecule has 1 amide bonds. The van der Waals surface area contributed by atoms with Crippen molar-refractivity contribution in [1.82, 2.24) is 10.6 Å². The van der Waals surface area contributed by atoms with Gasteiger partial charge in [0.2, 0.25) is 0 Å². The Morgan fingerprint density at radius 1 is 0.957 bits per heavy atom. The zero-order valence-electron chi connectivity index (χ0n) is 12.8. The normalized spacial score (nSPS) is 10.5. The molecule has 122 valence electrons. The van der Waals surface area contributed by atoms with Gasteiger partial charge in [-0.2, -0.15) is 0 Å². The van der Waals surface area contributed by atoms with Crippen LogP contribution in [-0.4, -0.2) is 25.5 Å². The van der Waals surface area contributed by atoms with E-state index >= 15 is 0 Å². The molecule has 0 heterocycles. The van der Waals surface area contributed by atoms with E-state index in [2.05, 4.69) is 22.8 Å². The van der Waals surface area contributed by atoms with Crippen LogP contribution in [0.2, 0.25) is 10.0 Å². The Balaban J connectivity index is 1.59. The summed E-state index contributed by atoms with van der Waals surface area (Å²) in [5.74, 6) is -0.170. The molecule has 2 rings (SSSR count). The Labute approximate surface area is 147 Å². The van der Waals surface area contributed by atoms with Crippen molar-refractivity contribution in [3.8, 4) is 0 Å². The van der Waals surface area contributed by atoms with Gasteiger partial charge in [-0.15, -0.1) is 0 Å². The van der Waals surface area contributed by atoms with Gasteiger partial charge in [0.25, 0.3) is 5.91 Å². The molecule has 0 radical (unpaired) electrons. The van der Waals surface area contributed by atoms with Crippen LogP contribution in [0.15, 0.2) is 48.5 Å². The number of hydrogen-bond donors (Lipinski definition) is 2. The molecule has 0 saturated carbocycles. The first-order chi connectivity index (χ1) is 11.2. The number of carbonyl (C=O) groups excluding carboxylic acids is 1. The smallest absolute Gasteiger partial charge is 0.252 e. The van der Waals surface area contributed by atoms with Crippen molar-refractivity contribution < 1.29 is 4.79 Å². The minimum absolute atomic E-state index is 0.170. The first-order valence-corrected chi connectivity index (χ1v) is 8.40. The maximum Gasteiger partial charge on any atom is 0.252 e. The van der Waals surface area contributed by atoms with E-state index in [-0.39, 0.29) is 5.91 Å². The van der Waals surface area contributed by atoms with Crippen molar-refractivity contribution in [3.63, 3.8) is 0 Å². The molecule has 0 unspecified atom stereocenters. The summed E-state index contributed by atoms with van der Waals surface area (Å²) in [6.45, 7) is 2.40. The minimum atomic E-state index is -0.170. The summed E-state index contributed by atoms with van der Waals surface area (Å²) in [6.07, 6.45) is 1.87. The fourth-order valence-electron chi connectivity index (χ4n) is 2.19. The number of halogens is 2. The number of amides is 1. The molecule has 0 atom stereocenters. The Hall–Kier alpha value is -1.55. The number of hydrogen-bond acceptors (Lipinski definition) is 2. The lowest BCUT2D eigenvalue weighted by atomic mass is 10.1. The Morgan fingerprint density at radius 3 is 2.48 bits per heavy atom. The standard InChI is InChI=1S/C18H20Cl2N2O/c19-15-7-8-16(17(20)13-15)18(23)22-11-4-10-21-12-9-14-5-2-1-3-6-14/h1-3,5-8,13,21H,4,9-12H2,(H,22,23). The molecule has 2 N–H and O–H groups in total. The first-order valence-electron chi connectivity index (χ1n) is 7.65. The largest absolute Gasteiger partial charge is 0.352 e. The van der Waals surface area contributed by atoms with Gasteiger partial charge in [0.1, 0.15) is 0 Å². The van der Waals surface area contributed by atoms with Gasteiger partial charge in [-0.25, -0.2) is 0 Å². The summed E-state index contributed by atoms with van der Waals surface area (Å²) < 4.78 is 0. The second kappa shape index (κ2) is 9.56. The molecule has 0 aromatic heterocycles. The Kier molecular flexibility index (Phi) is 7.40. The molecule has 0 fully saturated rings. The van der Waals surface area contributed by atoms with Gasteiger partial charge in [-0.05, 0) is 49.7 Å². The van der Waals surface area contributed by atoms with Crippen LogP contribution >= 0.6 is 23.2 Å². The van der Waals surface area contributed by atoms with Crippen molar-refractivity contribution in [2.24, 2.45) is 0 Å². The lowest BCUT2D eigenvalue weighted by Crippen LogP contribution is -2.28. The molecule has 3 nitrogen and oxygen atoms in total. The lowest BCUT2D eigenvalue weighted by Gasteiger charge is -2.08. The van der Waals surface area contributed by atoms with Crippen LogP contribution in [0.3, 0.4) is 0 Å². The average Bonchev–Trinajstić information content (AvgIpc) is 2.54. The highest BCUT2D eigenvalue weighted by atomic mass is 35.5. The summed E-state index contributed by atoms with van der Waals surface area (Å²) in [4.78, 5) is 12.0. The molecular weight excluding hydrogens is 331 g/mol. The van der Waals surface area contributed by atoms with Gasteiger partial charge >= 0.3 is 0 Å². The quantitative estimate of drug-likeness (QED) is 0.707. The summed E-state index contributed by atoms with van der Waals surface area (Å²) in [5.41, 5.74) is 1.78. The van der Waals surface area contributed by atoms with E-state index in [0.717, 1.165) is 25.9 Å². The van der Waals surface area contributed by atoms with E-state index in [1.807, 2.05) is 18.2 Å². The Bertz CT molecular complexity index is 632. The zero-order chi connectivity index (χ0) is 16.5. The minimum Gasteiger partial charge on any atom is -0.352 e. The van der Waals surface area contributed by atoms with Gasteiger partial charge in [0.15, 0.2) is 0 Å². The average molecular weight is 351 g/mol. The van der Waals surface area contributed by atoms with Gasteiger partial charge in [0, 0.05) is 11.6 Å². The maximum atomic E-state index is 12.0. The summed E-state index contributed by atoms with van der Waals surface area (Å²) >= 11 is 11.8. The predicted octanol–water partition coefficient (Wildman–Crippen LogP) is 3.95. The molecule has 2 aromatic rings. The van der Waals surface area contributed by atoms with Crippen LogP contribution < -0.4 is 10.6 Å². The molecule has 23 heavy (non-hydrogen) atoms. The summed E-state index contributed by atoms with van der Waals surface area (Å²) in [5, 5.41) is 7.13. The van der Waals surface area contributed by atoms with Crippen molar-refractivity contribution in [2.45, 2.75) is 12.8 Å². The highest BCUT2D eigenvalue weighted by Gasteiger charge is 2.09. The number of nitrogens with one attached hydrogen (secondary N) is 2. The second-order valence-corrected chi connectivity index (χ2v) is 6.06. The van der Waals surface area contributed by atoms with Crippen molar-refractivity contribution in [1.29, 1.82) is 0 Å². The molecule has 2 aromatic carbocycles. The number of carbonyl (C=O) groups is 1. The first kappa shape index (κ1) is 17.8. The zero-order valence-corrected chi connectivity index (χ0v) is 14.3. The van der Waals surface area contributed by atoms with Crippen LogP contribution in [0.4, 0.5) is 0 Å². The fraction of sp³-hybridized carbons (Fsp3) is 0.278. The van der Waals surface area contributed by atoms with Crippen LogP contribution in [0.1, 0.15) is 22.3 Å². The number of rotatable bonds is 8. The molecule has 0 bridgehead atoms. The molecule has 5 heteroatoms. The van der Waals surface area contributed by atoms with E-state index in [4.69, 9.17) is 23.2 Å². The van der Waals surface area contributed by atoms with Crippen molar-refractivity contribution in [2.75, 3.05) is 19.6 Å². The second-order valence-electron chi connectivity index (χ2n) is 5.22.